The molecule has 1 aromatic heterocycles. The van der Waals surface area contributed by atoms with Gasteiger partial charge in [-0.3, -0.25) is 9.59 Å². The standard InChI is InChI=1S/C23H32N4O3S/c1-6-27(7-2)18-11-10-17(20(13-18)30-5)15-24-26-23(29)22(16(3)4)25-21(28)14-19-9-8-12-31-19/h8-13,15-16,22H,6-7,14H2,1-5H3,(H,25,28)(H,26,29)/b24-15+/t22-/m1/s1. The first kappa shape index (κ1) is 24.4. The molecule has 8 heteroatoms. The Labute approximate surface area is 188 Å². The number of nitrogens with zero attached hydrogens (tertiary/aromatic N) is 2. The Morgan fingerprint density at radius 1 is 1.23 bits per heavy atom. The van der Waals surface area contributed by atoms with E-state index < -0.39 is 6.04 Å². The number of hydrogen-bond acceptors (Lipinski definition) is 6. The van der Waals surface area contributed by atoms with Crippen LogP contribution in [-0.2, 0) is 16.0 Å². The summed E-state index contributed by atoms with van der Waals surface area (Å²) in [7, 11) is 1.61. The molecular weight excluding hydrogens is 412 g/mol. The van der Waals surface area contributed by atoms with Gasteiger partial charge in [0.1, 0.15) is 11.8 Å². The molecule has 1 atom stereocenters. The highest BCUT2D eigenvalue weighted by Crippen LogP contribution is 2.24. The van der Waals surface area contributed by atoms with Crippen molar-refractivity contribution in [1.82, 2.24) is 10.7 Å². The van der Waals surface area contributed by atoms with E-state index in [1.165, 1.54) is 11.3 Å². The molecule has 2 amide bonds. The maximum atomic E-state index is 12.6. The first-order chi connectivity index (χ1) is 14.9. The summed E-state index contributed by atoms with van der Waals surface area (Å²) >= 11 is 1.52. The fraction of sp³-hybridized carbons (Fsp3) is 0.435. The minimum atomic E-state index is -0.670. The van der Waals surface area contributed by atoms with Crippen molar-refractivity contribution >= 4 is 35.1 Å². The van der Waals surface area contributed by atoms with E-state index in [1.54, 1.807) is 13.3 Å². The topological polar surface area (TPSA) is 83.0 Å². The van der Waals surface area contributed by atoms with Gasteiger partial charge in [0.25, 0.3) is 5.91 Å². The van der Waals surface area contributed by atoms with Crippen molar-refractivity contribution in [3.63, 3.8) is 0 Å². The third kappa shape index (κ3) is 7.10. The Bertz CT molecular complexity index is 877. The number of hydrogen-bond donors (Lipinski definition) is 2. The minimum Gasteiger partial charge on any atom is -0.496 e. The number of methoxy groups -OCH3 is 1. The number of rotatable bonds is 11. The molecule has 2 N–H and O–H groups in total. The molecule has 0 spiro atoms. The summed E-state index contributed by atoms with van der Waals surface area (Å²) < 4.78 is 5.48. The van der Waals surface area contributed by atoms with E-state index >= 15 is 0 Å². The second kappa shape index (κ2) is 12.1. The SMILES string of the molecule is CCN(CC)c1ccc(/C=N/NC(=O)[C@H](NC(=O)Cc2cccs2)C(C)C)c(OC)c1. The summed E-state index contributed by atoms with van der Waals surface area (Å²) in [6, 6.07) is 9.00. The van der Waals surface area contributed by atoms with Gasteiger partial charge in [-0.2, -0.15) is 5.10 Å². The van der Waals surface area contributed by atoms with Gasteiger partial charge < -0.3 is 15.0 Å². The van der Waals surface area contributed by atoms with Crippen LogP contribution in [0.5, 0.6) is 5.75 Å². The van der Waals surface area contributed by atoms with Crippen LogP contribution in [0.3, 0.4) is 0 Å². The number of benzene rings is 1. The number of amides is 2. The lowest BCUT2D eigenvalue weighted by Gasteiger charge is -2.22. The molecule has 168 valence electrons. The molecule has 0 aliphatic carbocycles. The molecule has 7 nitrogen and oxygen atoms in total. The van der Waals surface area contributed by atoms with Crippen molar-refractivity contribution in [2.24, 2.45) is 11.0 Å². The van der Waals surface area contributed by atoms with Gasteiger partial charge in [0, 0.05) is 35.3 Å². The van der Waals surface area contributed by atoms with E-state index in [0.717, 1.165) is 29.2 Å². The van der Waals surface area contributed by atoms with Crippen molar-refractivity contribution in [1.29, 1.82) is 0 Å². The van der Waals surface area contributed by atoms with Crippen LogP contribution in [0.25, 0.3) is 0 Å². The van der Waals surface area contributed by atoms with Crippen molar-refractivity contribution < 1.29 is 14.3 Å². The number of anilines is 1. The summed E-state index contributed by atoms with van der Waals surface area (Å²) in [5.74, 6) is 0.0517. The predicted octanol–water partition coefficient (Wildman–Crippen LogP) is 3.44. The van der Waals surface area contributed by atoms with Gasteiger partial charge >= 0.3 is 0 Å². The molecule has 0 aliphatic rings. The lowest BCUT2D eigenvalue weighted by molar-refractivity contribution is -0.129. The average Bonchev–Trinajstić information content (AvgIpc) is 3.26. The number of hydrazone groups is 1. The quantitative estimate of drug-likeness (QED) is 0.411. The highest BCUT2D eigenvalue weighted by molar-refractivity contribution is 7.10. The predicted molar refractivity (Wildman–Crippen MR) is 127 cm³/mol. The van der Waals surface area contributed by atoms with Crippen LogP contribution in [0.15, 0.2) is 40.8 Å². The zero-order valence-corrected chi connectivity index (χ0v) is 19.7. The number of thiophene rings is 1. The van der Waals surface area contributed by atoms with E-state index in [1.807, 2.05) is 49.6 Å². The molecule has 0 aliphatic heterocycles. The van der Waals surface area contributed by atoms with Crippen molar-refractivity contribution in [3.8, 4) is 5.75 Å². The largest absolute Gasteiger partial charge is 0.496 e. The molecule has 0 bridgehead atoms. The zero-order chi connectivity index (χ0) is 22.8. The average molecular weight is 445 g/mol. The summed E-state index contributed by atoms with van der Waals surface area (Å²) in [6.45, 7) is 9.77. The normalized spacial score (nSPS) is 12.1. The van der Waals surface area contributed by atoms with Gasteiger partial charge in [-0.25, -0.2) is 5.43 Å². The van der Waals surface area contributed by atoms with Crippen molar-refractivity contribution in [2.75, 3.05) is 25.1 Å². The van der Waals surface area contributed by atoms with Gasteiger partial charge in [0.05, 0.1) is 19.7 Å². The highest BCUT2D eigenvalue weighted by Gasteiger charge is 2.24. The number of carbonyl (C=O) groups excluding carboxylic acids is 2. The van der Waals surface area contributed by atoms with Crippen LogP contribution in [-0.4, -0.2) is 44.3 Å². The van der Waals surface area contributed by atoms with Crippen LogP contribution in [0, 0.1) is 5.92 Å². The Morgan fingerprint density at radius 2 is 1.97 bits per heavy atom. The third-order valence-corrected chi connectivity index (χ3v) is 5.78. The summed E-state index contributed by atoms with van der Waals surface area (Å²) in [5.41, 5.74) is 4.36. The fourth-order valence-corrected chi connectivity index (χ4v) is 3.86. The molecule has 0 fully saturated rings. The lowest BCUT2D eigenvalue weighted by Crippen LogP contribution is -2.49. The number of ether oxygens (including phenoxy) is 1. The highest BCUT2D eigenvalue weighted by atomic mass is 32.1. The molecule has 31 heavy (non-hydrogen) atoms. The molecule has 1 heterocycles. The first-order valence-electron chi connectivity index (χ1n) is 10.5. The van der Waals surface area contributed by atoms with Crippen molar-refractivity contribution in [3.05, 3.63) is 46.2 Å². The van der Waals surface area contributed by atoms with E-state index in [0.29, 0.717) is 5.75 Å². The maximum Gasteiger partial charge on any atom is 0.262 e. The molecule has 0 saturated carbocycles. The number of nitrogens with one attached hydrogen (secondary N) is 2. The smallest absolute Gasteiger partial charge is 0.262 e. The molecular formula is C23H32N4O3S. The maximum absolute atomic E-state index is 12.6. The van der Waals surface area contributed by atoms with Gasteiger partial charge in [0.2, 0.25) is 5.91 Å². The van der Waals surface area contributed by atoms with E-state index in [9.17, 15) is 9.59 Å². The molecule has 0 unspecified atom stereocenters. The van der Waals surface area contributed by atoms with Gasteiger partial charge in [-0.15, -0.1) is 11.3 Å². The van der Waals surface area contributed by atoms with E-state index in [4.69, 9.17) is 4.74 Å². The Kier molecular flexibility index (Phi) is 9.52. The zero-order valence-electron chi connectivity index (χ0n) is 18.8. The second-order valence-corrected chi connectivity index (χ2v) is 8.41. The molecule has 2 rings (SSSR count). The van der Waals surface area contributed by atoms with Crippen molar-refractivity contribution in [2.45, 2.75) is 40.2 Å². The van der Waals surface area contributed by atoms with Gasteiger partial charge in [-0.1, -0.05) is 19.9 Å². The van der Waals surface area contributed by atoms with Gasteiger partial charge in [0.15, 0.2) is 0 Å². The molecule has 0 radical (unpaired) electrons. The summed E-state index contributed by atoms with van der Waals surface area (Å²) in [5, 5.41) is 8.82. The van der Waals surface area contributed by atoms with E-state index in [-0.39, 0.29) is 24.2 Å². The monoisotopic (exact) mass is 444 g/mol. The summed E-state index contributed by atoms with van der Waals surface area (Å²) in [6.07, 6.45) is 1.81. The molecule has 0 saturated heterocycles. The van der Waals surface area contributed by atoms with Crippen LogP contribution < -0.4 is 20.4 Å². The van der Waals surface area contributed by atoms with Crippen LogP contribution in [0.4, 0.5) is 5.69 Å². The van der Waals surface area contributed by atoms with Gasteiger partial charge in [-0.05, 0) is 43.3 Å². The van der Waals surface area contributed by atoms with Crippen LogP contribution in [0.2, 0.25) is 0 Å². The Balaban J connectivity index is 2.02. The van der Waals surface area contributed by atoms with Crippen LogP contribution >= 0.6 is 11.3 Å². The number of carbonyl (C=O) groups is 2. The molecule has 1 aromatic carbocycles. The Morgan fingerprint density at radius 3 is 2.55 bits per heavy atom. The third-order valence-electron chi connectivity index (χ3n) is 4.90. The van der Waals surface area contributed by atoms with E-state index in [2.05, 4.69) is 34.6 Å². The summed E-state index contributed by atoms with van der Waals surface area (Å²) in [4.78, 5) is 28.1. The fourth-order valence-electron chi connectivity index (χ4n) is 3.16. The minimum absolute atomic E-state index is 0.0784. The molecule has 2 aromatic rings. The Hall–Kier alpha value is -2.87. The first-order valence-corrected chi connectivity index (χ1v) is 11.3. The van der Waals surface area contributed by atoms with Crippen LogP contribution in [0.1, 0.15) is 38.1 Å². The second-order valence-electron chi connectivity index (χ2n) is 7.38. The lowest BCUT2D eigenvalue weighted by atomic mass is 10.0.